The molecule has 1 atom stereocenters. The predicted octanol–water partition coefficient (Wildman–Crippen LogP) is 5.87. The van der Waals surface area contributed by atoms with Crippen LogP contribution in [0.1, 0.15) is 43.4 Å². The number of carbonyl (C=O) groups is 2. The molecular weight excluding hydrogens is 468 g/mol. The number of ether oxygens (including phenoxy) is 1. The number of carbonyl (C=O) groups excluding carboxylic acids is 2. The average molecular weight is 494 g/mol. The van der Waals surface area contributed by atoms with Gasteiger partial charge in [0, 0.05) is 17.3 Å². The minimum absolute atomic E-state index is 0.0435. The van der Waals surface area contributed by atoms with E-state index in [1.54, 1.807) is 24.3 Å². The van der Waals surface area contributed by atoms with Crippen molar-refractivity contribution < 1.29 is 33.3 Å². The summed E-state index contributed by atoms with van der Waals surface area (Å²) < 4.78 is 33.3. The van der Waals surface area contributed by atoms with Crippen LogP contribution in [0.2, 0.25) is 0 Å². The number of nitrogens with zero attached hydrogens (tertiary/aromatic N) is 1. The third kappa shape index (κ3) is 4.93. The number of phenols is 1. The zero-order valence-electron chi connectivity index (χ0n) is 19.6. The fraction of sp³-hybridized carbons (Fsp3) is 0.214. The number of Topliss-reactive ketones (excluding diaryl/α,β-unsaturated/α-hetero) is 1. The average Bonchev–Trinajstić information content (AvgIpc) is 3.14. The van der Waals surface area contributed by atoms with Crippen LogP contribution in [0.5, 0.6) is 11.5 Å². The summed E-state index contributed by atoms with van der Waals surface area (Å²) >= 11 is 0. The van der Waals surface area contributed by atoms with Crippen molar-refractivity contribution in [2.75, 3.05) is 11.5 Å². The standard InChI is InChI=1S/C28H25F2NO5/c1-2-3-4-15-36-21-12-7-18(8-13-21)26(33)24-25(17-5-10-20(32)11-6-17)31(28(35)27(24)34)19-9-14-22(29)23(30)16-19/h5-14,16,25,32-33H,2-4,15H2,1H3/b26-24+. The number of anilines is 1. The number of unbranched alkanes of at least 4 members (excludes halogenated alkanes) is 2. The number of hydrogen-bond acceptors (Lipinski definition) is 5. The molecule has 3 aromatic carbocycles. The van der Waals surface area contributed by atoms with Gasteiger partial charge in [0.2, 0.25) is 0 Å². The predicted molar refractivity (Wildman–Crippen MR) is 131 cm³/mol. The Morgan fingerprint density at radius 2 is 1.64 bits per heavy atom. The van der Waals surface area contributed by atoms with Gasteiger partial charge >= 0.3 is 0 Å². The number of aliphatic hydroxyl groups excluding tert-OH is 1. The van der Waals surface area contributed by atoms with Gasteiger partial charge in [-0.3, -0.25) is 14.5 Å². The van der Waals surface area contributed by atoms with E-state index in [1.165, 1.54) is 30.3 Å². The van der Waals surface area contributed by atoms with Crippen molar-refractivity contribution in [1.82, 2.24) is 0 Å². The third-order valence-electron chi connectivity index (χ3n) is 5.98. The Hall–Kier alpha value is -4.20. The highest BCUT2D eigenvalue weighted by Crippen LogP contribution is 2.42. The molecule has 186 valence electrons. The second-order valence-corrected chi connectivity index (χ2v) is 8.44. The number of rotatable bonds is 8. The quantitative estimate of drug-likeness (QED) is 0.178. The zero-order valence-corrected chi connectivity index (χ0v) is 19.6. The molecule has 0 saturated carbocycles. The first-order chi connectivity index (χ1) is 17.3. The maximum absolute atomic E-state index is 14.0. The van der Waals surface area contributed by atoms with Gasteiger partial charge in [-0.15, -0.1) is 0 Å². The van der Waals surface area contributed by atoms with Crippen LogP contribution in [-0.2, 0) is 9.59 Å². The molecule has 8 heteroatoms. The SMILES string of the molecule is CCCCCOc1ccc(/C(O)=C2\C(=O)C(=O)N(c3ccc(F)c(F)c3)C2c2ccc(O)cc2)cc1. The molecule has 1 amide bonds. The topological polar surface area (TPSA) is 87.1 Å². The smallest absolute Gasteiger partial charge is 0.300 e. The van der Waals surface area contributed by atoms with Crippen LogP contribution in [0.25, 0.3) is 5.76 Å². The summed E-state index contributed by atoms with van der Waals surface area (Å²) in [6.45, 7) is 2.65. The summed E-state index contributed by atoms with van der Waals surface area (Å²) in [6, 6.07) is 13.9. The second-order valence-electron chi connectivity index (χ2n) is 8.44. The Labute approximate surface area is 207 Å². The molecule has 0 spiro atoms. The summed E-state index contributed by atoms with van der Waals surface area (Å²) in [4.78, 5) is 27.2. The molecule has 1 unspecified atom stereocenters. The lowest BCUT2D eigenvalue weighted by Gasteiger charge is -2.25. The third-order valence-corrected chi connectivity index (χ3v) is 5.98. The largest absolute Gasteiger partial charge is 0.508 e. The van der Waals surface area contributed by atoms with Gasteiger partial charge in [-0.05, 0) is 60.5 Å². The van der Waals surface area contributed by atoms with Crippen LogP contribution in [0.3, 0.4) is 0 Å². The van der Waals surface area contributed by atoms with Crippen LogP contribution < -0.4 is 9.64 Å². The summed E-state index contributed by atoms with van der Waals surface area (Å²) in [5.74, 6) is -4.14. The van der Waals surface area contributed by atoms with Gasteiger partial charge in [-0.1, -0.05) is 31.9 Å². The highest BCUT2D eigenvalue weighted by Gasteiger charge is 2.47. The van der Waals surface area contributed by atoms with E-state index in [-0.39, 0.29) is 22.6 Å². The van der Waals surface area contributed by atoms with E-state index < -0.39 is 35.1 Å². The Balaban J connectivity index is 1.76. The number of aliphatic hydroxyl groups is 1. The van der Waals surface area contributed by atoms with E-state index >= 15 is 0 Å². The number of aromatic hydroxyl groups is 1. The number of amides is 1. The van der Waals surface area contributed by atoms with Crippen molar-refractivity contribution in [3.63, 3.8) is 0 Å². The van der Waals surface area contributed by atoms with Crippen molar-refractivity contribution in [1.29, 1.82) is 0 Å². The molecule has 1 heterocycles. The van der Waals surface area contributed by atoms with Crippen LogP contribution in [-0.4, -0.2) is 28.5 Å². The molecular formula is C28H25F2NO5. The van der Waals surface area contributed by atoms with Crippen molar-refractivity contribution in [3.8, 4) is 11.5 Å². The first kappa shape index (κ1) is 24.9. The van der Waals surface area contributed by atoms with Crippen LogP contribution in [0.15, 0.2) is 72.3 Å². The van der Waals surface area contributed by atoms with E-state index in [1.807, 2.05) is 0 Å². The highest BCUT2D eigenvalue weighted by molar-refractivity contribution is 6.51. The highest BCUT2D eigenvalue weighted by atomic mass is 19.2. The summed E-state index contributed by atoms with van der Waals surface area (Å²) in [5.41, 5.74) is 0.396. The molecule has 36 heavy (non-hydrogen) atoms. The van der Waals surface area contributed by atoms with Gasteiger partial charge in [0.25, 0.3) is 11.7 Å². The minimum Gasteiger partial charge on any atom is -0.508 e. The second kappa shape index (κ2) is 10.6. The van der Waals surface area contributed by atoms with Crippen LogP contribution in [0.4, 0.5) is 14.5 Å². The minimum atomic E-state index is -1.19. The molecule has 1 fully saturated rings. The van der Waals surface area contributed by atoms with Crippen molar-refractivity contribution in [2.24, 2.45) is 0 Å². The molecule has 6 nitrogen and oxygen atoms in total. The number of halogens is 2. The fourth-order valence-corrected chi connectivity index (χ4v) is 4.11. The van der Waals surface area contributed by atoms with Crippen LogP contribution in [0, 0.1) is 11.6 Å². The molecule has 0 aliphatic carbocycles. The van der Waals surface area contributed by atoms with Gasteiger partial charge in [-0.2, -0.15) is 0 Å². The fourth-order valence-electron chi connectivity index (χ4n) is 4.11. The van der Waals surface area contributed by atoms with Crippen molar-refractivity contribution in [2.45, 2.75) is 32.2 Å². The first-order valence-electron chi connectivity index (χ1n) is 11.6. The lowest BCUT2D eigenvalue weighted by molar-refractivity contribution is -0.132. The molecule has 1 aliphatic rings. The van der Waals surface area contributed by atoms with Gasteiger partial charge < -0.3 is 14.9 Å². The van der Waals surface area contributed by atoms with E-state index in [2.05, 4.69) is 6.92 Å². The Bertz CT molecular complexity index is 1300. The Morgan fingerprint density at radius 3 is 2.28 bits per heavy atom. The zero-order chi connectivity index (χ0) is 25.8. The van der Waals surface area contributed by atoms with E-state index in [0.29, 0.717) is 17.9 Å². The summed E-state index contributed by atoms with van der Waals surface area (Å²) in [5, 5.41) is 20.9. The van der Waals surface area contributed by atoms with Crippen molar-refractivity contribution >= 4 is 23.1 Å². The molecule has 4 rings (SSSR count). The number of hydrogen-bond donors (Lipinski definition) is 2. The lowest BCUT2D eigenvalue weighted by Crippen LogP contribution is -2.29. The Morgan fingerprint density at radius 1 is 0.944 bits per heavy atom. The summed E-state index contributed by atoms with van der Waals surface area (Å²) in [7, 11) is 0. The maximum Gasteiger partial charge on any atom is 0.300 e. The maximum atomic E-state index is 14.0. The van der Waals surface area contributed by atoms with Gasteiger partial charge in [0.15, 0.2) is 11.6 Å². The molecule has 0 aromatic heterocycles. The summed E-state index contributed by atoms with van der Waals surface area (Å²) in [6.07, 6.45) is 3.03. The molecule has 0 bridgehead atoms. The monoisotopic (exact) mass is 493 g/mol. The molecule has 2 N–H and O–H groups in total. The molecule has 3 aromatic rings. The molecule has 0 radical (unpaired) electrons. The van der Waals surface area contributed by atoms with Gasteiger partial charge in [0.1, 0.15) is 17.3 Å². The van der Waals surface area contributed by atoms with E-state index in [9.17, 15) is 28.6 Å². The normalized spacial score (nSPS) is 17.0. The van der Waals surface area contributed by atoms with E-state index in [4.69, 9.17) is 4.74 Å². The number of phenolic OH excluding ortho intramolecular Hbond substituents is 1. The molecule has 1 saturated heterocycles. The first-order valence-corrected chi connectivity index (χ1v) is 11.6. The number of ketones is 1. The Kier molecular flexibility index (Phi) is 7.33. The van der Waals surface area contributed by atoms with Crippen LogP contribution >= 0.6 is 0 Å². The van der Waals surface area contributed by atoms with Gasteiger partial charge in [0.05, 0.1) is 18.2 Å². The number of benzene rings is 3. The molecule has 1 aliphatic heterocycles. The lowest BCUT2D eigenvalue weighted by atomic mass is 9.95. The van der Waals surface area contributed by atoms with Gasteiger partial charge in [-0.25, -0.2) is 8.78 Å². The van der Waals surface area contributed by atoms with Crippen molar-refractivity contribution in [3.05, 3.63) is 95.1 Å². The van der Waals surface area contributed by atoms with E-state index in [0.717, 1.165) is 36.3 Å².